The Morgan fingerprint density at radius 1 is 1.04 bits per heavy atom. The summed E-state index contributed by atoms with van der Waals surface area (Å²) in [4.78, 5) is 32.0. The Bertz CT molecular complexity index is 1140. The predicted molar refractivity (Wildman–Crippen MR) is 106 cm³/mol. The Kier molecular flexibility index (Phi) is 4.97. The molecule has 1 amide bonds. The molecule has 0 saturated carbocycles. The molecule has 0 aliphatic heterocycles. The lowest BCUT2D eigenvalue weighted by atomic mass is 10.0. The molecule has 0 bridgehead atoms. The van der Waals surface area contributed by atoms with Crippen molar-refractivity contribution in [3.63, 3.8) is 0 Å². The van der Waals surface area contributed by atoms with Crippen molar-refractivity contribution in [2.75, 3.05) is 0 Å². The number of rotatable bonds is 6. The summed E-state index contributed by atoms with van der Waals surface area (Å²) in [6, 6.07) is 16.7. The second-order valence-corrected chi connectivity index (χ2v) is 6.49. The minimum Gasteiger partial charge on any atom is -0.349 e. The van der Waals surface area contributed by atoms with E-state index in [1.807, 2.05) is 36.4 Å². The zero-order valence-electron chi connectivity index (χ0n) is 15.1. The molecule has 0 fully saturated rings. The first-order valence-electron chi connectivity index (χ1n) is 8.99. The van der Waals surface area contributed by atoms with Crippen LogP contribution in [-0.4, -0.2) is 26.1 Å². The molecular weight excluding hydrogens is 354 g/mol. The highest BCUT2D eigenvalue weighted by atomic mass is 16.1. The molecule has 2 aromatic heterocycles. The zero-order chi connectivity index (χ0) is 19.3. The largest absolute Gasteiger partial charge is 0.349 e. The van der Waals surface area contributed by atoms with Crippen molar-refractivity contribution in [1.82, 2.24) is 25.5 Å². The van der Waals surface area contributed by atoms with Gasteiger partial charge in [-0.2, -0.15) is 5.10 Å². The van der Waals surface area contributed by atoms with Crippen LogP contribution in [0.4, 0.5) is 0 Å². The van der Waals surface area contributed by atoms with Gasteiger partial charge >= 0.3 is 0 Å². The number of benzene rings is 2. The predicted octanol–water partition coefficient (Wildman–Crippen LogP) is 2.29. The Labute approximate surface area is 160 Å². The van der Waals surface area contributed by atoms with E-state index in [9.17, 15) is 9.59 Å². The molecule has 140 valence electrons. The van der Waals surface area contributed by atoms with E-state index in [0.717, 1.165) is 11.4 Å². The lowest BCUT2D eigenvalue weighted by Crippen LogP contribution is -2.32. The van der Waals surface area contributed by atoms with Gasteiger partial charge in [-0.15, -0.1) is 0 Å². The van der Waals surface area contributed by atoms with Gasteiger partial charge in [0.1, 0.15) is 5.82 Å². The van der Waals surface area contributed by atoms with E-state index in [4.69, 9.17) is 0 Å². The first-order valence-corrected chi connectivity index (χ1v) is 8.99. The van der Waals surface area contributed by atoms with Gasteiger partial charge in [-0.3, -0.25) is 9.59 Å². The summed E-state index contributed by atoms with van der Waals surface area (Å²) in [5.41, 5.74) is 1.27. The van der Waals surface area contributed by atoms with Gasteiger partial charge in [0.05, 0.1) is 23.5 Å². The van der Waals surface area contributed by atoms with E-state index < -0.39 is 0 Å². The number of nitrogens with one attached hydrogen (secondary N) is 3. The molecule has 4 rings (SSSR count). The minimum atomic E-state index is -0.264. The summed E-state index contributed by atoms with van der Waals surface area (Å²) in [5.74, 6) is 0.617. The molecule has 0 aliphatic rings. The Balaban J connectivity index is 1.57. The molecule has 7 nitrogen and oxygen atoms in total. The molecule has 1 atom stereocenters. The summed E-state index contributed by atoms with van der Waals surface area (Å²) < 4.78 is 0. The number of aromatic nitrogens is 4. The second-order valence-electron chi connectivity index (χ2n) is 6.49. The standard InChI is InChI=1S/C21H19N5O2/c27-20(13-18-15-8-4-5-9-16(15)21(28)26-25-18)24-17(12-19-22-10-11-23-19)14-6-2-1-3-7-14/h1-11,17H,12-13H2,(H,22,23)(H,24,27)(H,26,28). The maximum absolute atomic E-state index is 12.8. The number of aromatic amines is 2. The van der Waals surface area contributed by atoms with Crippen molar-refractivity contribution in [2.24, 2.45) is 0 Å². The average molecular weight is 373 g/mol. The van der Waals surface area contributed by atoms with Crippen LogP contribution in [-0.2, 0) is 17.6 Å². The highest BCUT2D eigenvalue weighted by Crippen LogP contribution is 2.18. The van der Waals surface area contributed by atoms with Crippen molar-refractivity contribution < 1.29 is 4.79 Å². The highest BCUT2D eigenvalue weighted by Gasteiger charge is 2.18. The zero-order valence-corrected chi connectivity index (χ0v) is 15.1. The SMILES string of the molecule is O=C(Cc1n[nH]c(=O)c2ccccc12)NC(Cc1ncc[nH]1)c1ccccc1. The van der Waals surface area contributed by atoms with Crippen LogP contribution in [0.2, 0.25) is 0 Å². The number of hydrogen-bond acceptors (Lipinski definition) is 4. The molecule has 3 N–H and O–H groups in total. The van der Waals surface area contributed by atoms with Crippen LogP contribution in [0, 0.1) is 0 Å². The number of amides is 1. The van der Waals surface area contributed by atoms with Gasteiger partial charge in [0.2, 0.25) is 5.91 Å². The Hall–Kier alpha value is -3.74. The van der Waals surface area contributed by atoms with Crippen molar-refractivity contribution in [3.8, 4) is 0 Å². The molecule has 0 saturated heterocycles. The molecule has 0 spiro atoms. The summed E-state index contributed by atoms with van der Waals surface area (Å²) in [5, 5.41) is 10.8. The van der Waals surface area contributed by atoms with Gasteiger partial charge in [-0.05, 0) is 11.6 Å². The number of hydrogen-bond donors (Lipinski definition) is 3. The molecule has 28 heavy (non-hydrogen) atoms. The van der Waals surface area contributed by atoms with Crippen LogP contribution in [0.15, 0.2) is 71.8 Å². The number of carbonyl (C=O) groups is 1. The summed E-state index contributed by atoms with van der Waals surface area (Å²) in [6.45, 7) is 0. The van der Waals surface area contributed by atoms with Gasteiger partial charge in [0.15, 0.2) is 0 Å². The maximum atomic E-state index is 12.8. The summed E-state index contributed by atoms with van der Waals surface area (Å²) >= 11 is 0. The van der Waals surface area contributed by atoms with E-state index in [0.29, 0.717) is 22.9 Å². The normalized spacial score (nSPS) is 12.0. The van der Waals surface area contributed by atoms with E-state index in [2.05, 4.69) is 25.5 Å². The van der Waals surface area contributed by atoms with Crippen LogP contribution in [0.1, 0.15) is 23.1 Å². The van der Waals surface area contributed by atoms with E-state index >= 15 is 0 Å². The molecule has 1 unspecified atom stereocenters. The molecule has 7 heteroatoms. The fourth-order valence-electron chi connectivity index (χ4n) is 3.24. The van der Waals surface area contributed by atoms with Gasteiger partial charge in [-0.1, -0.05) is 48.5 Å². The van der Waals surface area contributed by atoms with Crippen LogP contribution in [0.5, 0.6) is 0 Å². The second kappa shape index (κ2) is 7.87. The Morgan fingerprint density at radius 2 is 1.79 bits per heavy atom. The van der Waals surface area contributed by atoms with Crippen molar-refractivity contribution in [3.05, 3.63) is 94.4 Å². The molecule has 2 aromatic carbocycles. The molecule has 0 radical (unpaired) electrons. The van der Waals surface area contributed by atoms with Gasteiger partial charge < -0.3 is 10.3 Å². The fourth-order valence-corrected chi connectivity index (χ4v) is 3.24. The van der Waals surface area contributed by atoms with Gasteiger partial charge in [0, 0.05) is 24.2 Å². The Morgan fingerprint density at radius 3 is 2.54 bits per heavy atom. The quantitative estimate of drug-likeness (QED) is 0.482. The van der Waals surface area contributed by atoms with Crippen LogP contribution < -0.4 is 10.9 Å². The lowest BCUT2D eigenvalue weighted by molar-refractivity contribution is -0.121. The number of nitrogens with zero attached hydrogens (tertiary/aromatic N) is 2. The third kappa shape index (κ3) is 3.83. The van der Waals surface area contributed by atoms with E-state index in [-0.39, 0.29) is 23.9 Å². The third-order valence-electron chi connectivity index (χ3n) is 4.59. The van der Waals surface area contributed by atoms with Crippen molar-refractivity contribution in [1.29, 1.82) is 0 Å². The minimum absolute atomic E-state index is 0.0682. The molecule has 4 aromatic rings. The topological polar surface area (TPSA) is 104 Å². The summed E-state index contributed by atoms with van der Waals surface area (Å²) in [7, 11) is 0. The van der Waals surface area contributed by atoms with Crippen LogP contribution in [0.3, 0.4) is 0 Å². The fraction of sp³-hybridized carbons (Fsp3) is 0.143. The average Bonchev–Trinajstić information content (AvgIpc) is 3.24. The number of H-pyrrole nitrogens is 2. The van der Waals surface area contributed by atoms with Crippen molar-refractivity contribution in [2.45, 2.75) is 18.9 Å². The monoisotopic (exact) mass is 373 g/mol. The van der Waals surface area contributed by atoms with Gasteiger partial charge in [0.25, 0.3) is 5.56 Å². The highest BCUT2D eigenvalue weighted by molar-refractivity contribution is 5.88. The van der Waals surface area contributed by atoms with Crippen molar-refractivity contribution >= 4 is 16.7 Å². The molecular formula is C21H19N5O2. The van der Waals surface area contributed by atoms with Gasteiger partial charge in [-0.25, -0.2) is 10.1 Å². The van der Waals surface area contributed by atoms with E-state index in [1.54, 1.807) is 30.6 Å². The summed E-state index contributed by atoms with van der Waals surface area (Å²) in [6.07, 6.45) is 4.06. The number of fused-ring (bicyclic) bond motifs is 1. The number of carbonyl (C=O) groups excluding carboxylic acids is 1. The van der Waals surface area contributed by atoms with E-state index in [1.165, 1.54) is 0 Å². The third-order valence-corrected chi connectivity index (χ3v) is 4.59. The first kappa shape index (κ1) is 17.7. The van der Waals surface area contributed by atoms with Crippen LogP contribution in [0.25, 0.3) is 10.8 Å². The smallest absolute Gasteiger partial charge is 0.272 e. The maximum Gasteiger partial charge on any atom is 0.272 e. The molecule has 0 aliphatic carbocycles. The molecule has 2 heterocycles. The lowest BCUT2D eigenvalue weighted by Gasteiger charge is -2.18. The first-order chi connectivity index (χ1) is 13.7. The van der Waals surface area contributed by atoms with Crippen LogP contribution >= 0.6 is 0 Å². The number of imidazole rings is 1.